The van der Waals surface area contributed by atoms with Crippen molar-refractivity contribution in [3.63, 3.8) is 0 Å². The zero-order valence-electron chi connectivity index (χ0n) is 13.0. The Labute approximate surface area is 136 Å². The second-order valence-corrected chi connectivity index (χ2v) is 6.79. The van der Waals surface area contributed by atoms with Gasteiger partial charge in [-0.1, -0.05) is 18.2 Å². The van der Waals surface area contributed by atoms with Gasteiger partial charge in [0, 0.05) is 18.8 Å². The summed E-state index contributed by atoms with van der Waals surface area (Å²) in [5, 5.41) is 12.3. The van der Waals surface area contributed by atoms with Crippen molar-refractivity contribution in [3.8, 4) is 6.07 Å². The second kappa shape index (κ2) is 7.22. The summed E-state index contributed by atoms with van der Waals surface area (Å²) in [5.74, 6) is 0. The number of nitrogens with zero attached hydrogens (tertiary/aromatic N) is 2. The van der Waals surface area contributed by atoms with Gasteiger partial charge < -0.3 is 5.32 Å². The Morgan fingerprint density at radius 2 is 1.87 bits per heavy atom. The van der Waals surface area contributed by atoms with Crippen LogP contribution in [0.15, 0.2) is 41.3 Å². The molecule has 0 unspecified atom stereocenters. The highest BCUT2D eigenvalue weighted by Crippen LogP contribution is 2.18. The van der Waals surface area contributed by atoms with Crippen LogP contribution in [-0.2, 0) is 10.0 Å². The molecule has 0 aliphatic carbocycles. The number of aryl methyl sites for hydroxylation is 2. The lowest BCUT2D eigenvalue weighted by molar-refractivity contribution is 0.583. The summed E-state index contributed by atoms with van der Waals surface area (Å²) in [6.07, 6.45) is 0. The van der Waals surface area contributed by atoms with Crippen molar-refractivity contribution in [3.05, 3.63) is 53.3 Å². The summed E-state index contributed by atoms with van der Waals surface area (Å²) in [5.41, 5.74) is 2.59. The lowest BCUT2D eigenvalue weighted by atomic mass is 10.1. The van der Waals surface area contributed by atoms with Crippen LogP contribution in [0.3, 0.4) is 0 Å². The molecule has 0 radical (unpaired) electrons. The minimum absolute atomic E-state index is 0.211. The minimum Gasteiger partial charge on any atom is -0.383 e. The van der Waals surface area contributed by atoms with Gasteiger partial charge in [0.05, 0.1) is 21.8 Å². The van der Waals surface area contributed by atoms with E-state index in [0.29, 0.717) is 23.5 Å². The number of benzene rings is 1. The lowest BCUT2D eigenvalue weighted by Crippen LogP contribution is -2.29. The molecule has 1 aromatic carbocycles. The summed E-state index contributed by atoms with van der Waals surface area (Å²) in [6, 6.07) is 12.1. The zero-order chi connectivity index (χ0) is 16.9. The number of pyridine rings is 1. The maximum absolute atomic E-state index is 12.1. The number of rotatable bonds is 6. The normalized spacial score (nSPS) is 11.0. The molecule has 1 heterocycles. The van der Waals surface area contributed by atoms with Gasteiger partial charge in [-0.25, -0.2) is 13.1 Å². The monoisotopic (exact) mass is 330 g/mol. The topological polar surface area (TPSA) is 94.9 Å². The van der Waals surface area contributed by atoms with Crippen LogP contribution in [0.4, 0.5) is 5.69 Å². The average Bonchev–Trinajstić information content (AvgIpc) is 2.52. The second-order valence-electron chi connectivity index (χ2n) is 5.02. The van der Waals surface area contributed by atoms with E-state index in [-0.39, 0.29) is 11.4 Å². The maximum atomic E-state index is 12.1. The van der Waals surface area contributed by atoms with Crippen molar-refractivity contribution in [1.29, 1.82) is 5.26 Å². The molecule has 1 aromatic heterocycles. The fourth-order valence-electron chi connectivity index (χ4n) is 2.17. The summed E-state index contributed by atoms with van der Waals surface area (Å²) in [7, 11) is -3.51. The van der Waals surface area contributed by atoms with E-state index in [0.717, 1.165) is 5.69 Å². The Hall–Kier alpha value is -2.43. The van der Waals surface area contributed by atoms with E-state index in [1.165, 1.54) is 0 Å². The Bertz CT molecular complexity index is 827. The number of nitriles is 1. The van der Waals surface area contributed by atoms with Crippen molar-refractivity contribution >= 4 is 15.7 Å². The first-order valence-corrected chi connectivity index (χ1v) is 8.59. The van der Waals surface area contributed by atoms with Crippen LogP contribution in [-0.4, -0.2) is 26.5 Å². The van der Waals surface area contributed by atoms with E-state index < -0.39 is 10.0 Å². The lowest BCUT2D eigenvalue weighted by Gasteiger charge is -2.11. The molecule has 23 heavy (non-hydrogen) atoms. The third-order valence-electron chi connectivity index (χ3n) is 3.23. The number of hydrogen-bond acceptors (Lipinski definition) is 5. The summed E-state index contributed by atoms with van der Waals surface area (Å²) in [6.45, 7) is 4.19. The average molecular weight is 330 g/mol. The molecular formula is C16H18N4O2S. The summed E-state index contributed by atoms with van der Waals surface area (Å²) in [4.78, 5) is 4.47. The highest BCUT2D eigenvalue weighted by molar-refractivity contribution is 7.89. The van der Waals surface area contributed by atoms with Gasteiger partial charge in [-0.3, -0.25) is 4.98 Å². The molecule has 0 aliphatic rings. The Kier molecular flexibility index (Phi) is 5.32. The third-order valence-corrected chi connectivity index (χ3v) is 4.70. The van der Waals surface area contributed by atoms with Crippen LogP contribution in [0.25, 0.3) is 0 Å². The molecule has 0 saturated carbocycles. The molecule has 0 saturated heterocycles. The van der Waals surface area contributed by atoms with E-state index in [1.54, 1.807) is 43.3 Å². The van der Waals surface area contributed by atoms with E-state index in [1.807, 2.05) is 6.92 Å². The van der Waals surface area contributed by atoms with Crippen LogP contribution in [0, 0.1) is 25.2 Å². The van der Waals surface area contributed by atoms with E-state index in [4.69, 9.17) is 0 Å². The molecular weight excluding hydrogens is 312 g/mol. The van der Waals surface area contributed by atoms with Gasteiger partial charge in [-0.05, 0) is 32.0 Å². The van der Waals surface area contributed by atoms with Crippen molar-refractivity contribution in [2.45, 2.75) is 18.7 Å². The molecule has 0 spiro atoms. The van der Waals surface area contributed by atoms with Gasteiger partial charge in [-0.2, -0.15) is 5.26 Å². The molecule has 120 valence electrons. The smallest absolute Gasteiger partial charge is 0.240 e. The van der Waals surface area contributed by atoms with Crippen molar-refractivity contribution < 1.29 is 8.42 Å². The van der Waals surface area contributed by atoms with Crippen LogP contribution in [0.1, 0.15) is 17.0 Å². The van der Waals surface area contributed by atoms with Gasteiger partial charge >= 0.3 is 0 Å². The third kappa shape index (κ3) is 4.28. The molecule has 0 fully saturated rings. The molecule has 2 rings (SSSR count). The van der Waals surface area contributed by atoms with E-state index in [2.05, 4.69) is 21.1 Å². The number of hydrogen-bond donors (Lipinski definition) is 2. The van der Waals surface area contributed by atoms with Gasteiger partial charge in [-0.15, -0.1) is 0 Å². The molecule has 0 bridgehead atoms. The highest BCUT2D eigenvalue weighted by atomic mass is 32.2. The first kappa shape index (κ1) is 16.9. The number of aromatic nitrogens is 1. The number of nitrogens with one attached hydrogen (secondary N) is 2. The number of anilines is 1. The molecule has 0 aliphatic heterocycles. The zero-order valence-corrected chi connectivity index (χ0v) is 13.8. The van der Waals surface area contributed by atoms with Gasteiger partial charge in [0.1, 0.15) is 6.07 Å². The van der Waals surface area contributed by atoms with E-state index >= 15 is 0 Å². The highest BCUT2D eigenvalue weighted by Gasteiger charge is 2.12. The van der Waals surface area contributed by atoms with Crippen LogP contribution < -0.4 is 10.0 Å². The Morgan fingerprint density at radius 3 is 2.52 bits per heavy atom. The minimum atomic E-state index is -3.51. The summed E-state index contributed by atoms with van der Waals surface area (Å²) < 4.78 is 26.7. The van der Waals surface area contributed by atoms with Gasteiger partial charge in [0.2, 0.25) is 10.0 Å². The Morgan fingerprint density at radius 1 is 1.17 bits per heavy atom. The van der Waals surface area contributed by atoms with Crippen LogP contribution in [0.5, 0.6) is 0 Å². The van der Waals surface area contributed by atoms with E-state index in [9.17, 15) is 13.7 Å². The predicted molar refractivity (Wildman–Crippen MR) is 88.5 cm³/mol. The Balaban J connectivity index is 1.98. The van der Waals surface area contributed by atoms with Crippen molar-refractivity contribution in [2.75, 3.05) is 18.4 Å². The molecule has 2 aromatic rings. The predicted octanol–water partition coefficient (Wildman–Crippen LogP) is 1.96. The quantitative estimate of drug-likeness (QED) is 0.790. The SMILES string of the molecule is Cc1cc(NCCNS(=O)(=O)c2ccccc2)c(C#N)c(C)n1. The van der Waals surface area contributed by atoms with Crippen LogP contribution >= 0.6 is 0 Å². The standard InChI is InChI=1S/C16H18N4O2S/c1-12-10-16(15(11-17)13(2)20-12)18-8-9-19-23(21,22)14-6-4-3-5-7-14/h3-7,10,19H,8-9H2,1-2H3,(H,18,20). The number of sulfonamides is 1. The first-order chi connectivity index (χ1) is 10.9. The van der Waals surface area contributed by atoms with Crippen molar-refractivity contribution in [1.82, 2.24) is 9.71 Å². The fourth-order valence-corrected chi connectivity index (χ4v) is 3.23. The van der Waals surface area contributed by atoms with Gasteiger partial charge in [0.25, 0.3) is 0 Å². The fraction of sp³-hybridized carbons (Fsp3) is 0.250. The van der Waals surface area contributed by atoms with Crippen molar-refractivity contribution in [2.24, 2.45) is 0 Å². The van der Waals surface area contributed by atoms with Crippen LogP contribution in [0.2, 0.25) is 0 Å². The van der Waals surface area contributed by atoms with Gasteiger partial charge in [0.15, 0.2) is 0 Å². The first-order valence-electron chi connectivity index (χ1n) is 7.11. The molecule has 0 amide bonds. The molecule has 7 heteroatoms. The summed E-state index contributed by atoms with van der Waals surface area (Å²) >= 11 is 0. The molecule has 6 nitrogen and oxygen atoms in total. The maximum Gasteiger partial charge on any atom is 0.240 e. The largest absolute Gasteiger partial charge is 0.383 e. The molecule has 2 N–H and O–H groups in total. The molecule has 0 atom stereocenters.